The zero-order valence-electron chi connectivity index (χ0n) is 13.7. The number of rotatable bonds is 2. The number of fused-ring (bicyclic) bond motifs is 1. The number of carbonyl (C=O) groups is 1. The van der Waals surface area contributed by atoms with Gasteiger partial charge in [0.2, 0.25) is 0 Å². The highest BCUT2D eigenvalue weighted by Gasteiger charge is 2.34. The molecule has 2 aliphatic heterocycles. The molecule has 0 radical (unpaired) electrons. The molecule has 0 spiro atoms. The first kappa shape index (κ1) is 15.1. The predicted molar refractivity (Wildman–Crippen MR) is 91.2 cm³/mol. The highest BCUT2D eigenvalue weighted by atomic mass is 16.5. The fourth-order valence-corrected chi connectivity index (χ4v) is 3.37. The molecule has 6 nitrogen and oxygen atoms in total. The average molecular weight is 324 g/mol. The number of anilines is 2. The van der Waals surface area contributed by atoms with Gasteiger partial charge < -0.3 is 14.5 Å². The lowest BCUT2D eigenvalue weighted by atomic mass is 10.2. The third kappa shape index (κ3) is 2.73. The van der Waals surface area contributed by atoms with Crippen LogP contribution in [0.15, 0.2) is 36.5 Å². The second-order valence-electron chi connectivity index (χ2n) is 6.14. The average Bonchev–Trinajstić information content (AvgIpc) is 3.05. The SMILES string of the molecule is Cc1nccc(N2CCOC(C(=O)N3CCc4ccccc43)C2)n1. The van der Waals surface area contributed by atoms with Crippen molar-refractivity contribution >= 4 is 17.4 Å². The van der Waals surface area contributed by atoms with Crippen molar-refractivity contribution < 1.29 is 9.53 Å². The Bertz CT molecular complexity index is 764. The maximum atomic E-state index is 12.9. The molecule has 0 N–H and O–H groups in total. The summed E-state index contributed by atoms with van der Waals surface area (Å²) in [5.41, 5.74) is 2.24. The van der Waals surface area contributed by atoms with Crippen LogP contribution in [-0.2, 0) is 16.0 Å². The first-order valence-corrected chi connectivity index (χ1v) is 8.28. The summed E-state index contributed by atoms with van der Waals surface area (Å²) in [5.74, 6) is 1.62. The number of morpholine rings is 1. The number of aromatic nitrogens is 2. The van der Waals surface area contributed by atoms with Crippen LogP contribution in [0.5, 0.6) is 0 Å². The Morgan fingerprint density at radius 2 is 2.12 bits per heavy atom. The van der Waals surface area contributed by atoms with E-state index in [1.165, 1.54) is 5.56 Å². The molecular weight excluding hydrogens is 304 g/mol. The van der Waals surface area contributed by atoms with Crippen molar-refractivity contribution in [1.82, 2.24) is 9.97 Å². The fraction of sp³-hybridized carbons (Fsp3) is 0.389. The summed E-state index contributed by atoms with van der Waals surface area (Å²) in [5, 5.41) is 0. The Morgan fingerprint density at radius 3 is 3.00 bits per heavy atom. The standard InChI is InChI=1S/C18H20N4O2/c1-13-19-8-6-17(20-13)21-10-11-24-16(12-21)18(23)22-9-7-14-4-2-3-5-15(14)22/h2-6,8,16H,7,9-12H2,1H3. The largest absolute Gasteiger partial charge is 0.365 e. The molecule has 24 heavy (non-hydrogen) atoms. The van der Waals surface area contributed by atoms with E-state index >= 15 is 0 Å². The fourth-order valence-electron chi connectivity index (χ4n) is 3.37. The van der Waals surface area contributed by atoms with Gasteiger partial charge in [0.05, 0.1) is 13.2 Å². The van der Waals surface area contributed by atoms with E-state index in [1.807, 2.05) is 36.1 Å². The van der Waals surface area contributed by atoms with Crippen LogP contribution in [0, 0.1) is 6.92 Å². The van der Waals surface area contributed by atoms with Gasteiger partial charge in [0.15, 0.2) is 6.10 Å². The minimum absolute atomic E-state index is 0.0374. The molecule has 2 aliphatic rings. The number of ether oxygens (including phenoxy) is 1. The molecule has 1 fully saturated rings. The Morgan fingerprint density at radius 1 is 1.25 bits per heavy atom. The van der Waals surface area contributed by atoms with Crippen LogP contribution in [0.4, 0.5) is 11.5 Å². The first-order chi connectivity index (χ1) is 11.7. The van der Waals surface area contributed by atoms with E-state index in [0.717, 1.165) is 36.8 Å². The van der Waals surface area contributed by atoms with Gasteiger partial charge in [-0.05, 0) is 31.0 Å². The lowest BCUT2D eigenvalue weighted by molar-refractivity contribution is -0.130. The van der Waals surface area contributed by atoms with Crippen molar-refractivity contribution in [2.24, 2.45) is 0 Å². The van der Waals surface area contributed by atoms with Crippen LogP contribution >= 0.6 is 0 Å². The Kier molecular flexibility index (Phi) is 3.90. The predicted octanol–water partition coefficient (Wildman–Crippen LogP) is 1.58. The first-order valence-electron chi connectivity index (χ1n) is 8.28. The van der Waals surface area contributed by atoms with Gasteiger partial charge in [-0.15, -0.1) is 0 Å². The van der Waals surface area contributed by atoms with E-state index in [4.69, 9.17) is 4.74 Å². The van der Waals surface area contributed by atoms with Crippen LogP contribution in [0.25, 0.3) is 0 Å². The van der Waals surface area contributed by atoms with Gasteiger partial charge in [-0.25, -0.2) is 9.97 Å². The molecule has 124 valence electrons. The van der Waals surface area contributed by atoms with Gasteiger partial charge in [-0.1, -0.05) is 18.2 Å². The summed E-state index contributed by atoms with van der Waals surface area (Å²) in [6.45, 7) is 4.37. The molecule has 0 aliphatic carbocycles. The summed E-state index contributed by atoms with van der Waals surface area (Å²) in [6, 6.07) is 9.96. The molecular formula is C18H20N4O2. The maximum absolute atomic E-state index is 12.9. The number of carbonyl (C=O) groups excluding carboxylic acids is 1. The van der Waals surface area contributed by atoms with Crippen LogP contribution in [0.3, 0.4) is 0 Å². The highest BCUT2D eigenvalue weighted by molar-refractivity contribution is 5.98. The molecule has 1 amide bonds. The van der Waals surface area contributed by atoms with Gasteiger partial charge >= 0.3 is 0 Å². The number of aryl methyl sites for hydroxylation is 1. The molecule has 1 aromatic carbocycles. The van der Waals surface area contributed by atoms with Crippen molar-refractivity contribution in [1.29, 1.82) is 0 Å². The topological polar surface area (TPSA) is 58.6 Å². The van der Waals surface area contributed by atoms with Gasteiger partial charge in [0, 0.05) is 25.0 Å². The molecule has 6 heteroatoms. The summed E-state index contributed by atoms with van der Waals surface area (Å²) in [6.07, 6.45) is 2.20. The van der Waals surface area contributed by atoms with E-state index in [-0.39, 0.29) is 5.91 Å². The van der Waals surface area contributed by atoms with E-state index in [9.17, 15) is 4.79 Å². The van der Waals surface area contributed by atoms with Crippen LogP contribution in [-0.4, -0.2) is 48.2 Å². The third-order valence-corrected chi connectivity index (χ3v) is 4.58. The smallest absolute Gasteiger partial charge is 0.257 e. The van der Waals surface area contributed by atoms with E-state index in [2.05, 4.69) is 20.9 Å². The Hall–Kier alpha value is -2.47. The maximum Gasteiger partial charge on any atom is 0.257 e. The van der Waals surface area contributed by atoms with Crippen LogP contribution in [0.2, 0.25) is 0 Å². The number of hydrogen-bond acceptors (Lipinski definition) is 5. The van der Waals surface area contributed by atoms with Crippen molar-refractivity contribution in [2.75, 3.05) is 36.0 Å². The summed E-state index contributed by atoms with van der Waals surface area (Å²) in [4.78, 5) is 25.5. The second kappa shape index (κ2) is 6.20. The van der Waals surface area contributed by atoms with Crippen molar-refractivity contribution in [3.8, 4) is 0 Å². The monoisotopic (exact) mass is 324 g/mol. The lowest BCUT2D eigenvalue weighted by Crippen LogP contribution is -2.51. The quantitative estimate of drug-likeness (QED) is 0.839. The van der Waals surface area contributed by atoms with Gasteiger partial charge in [0.25, 0.3) is 5.91 Å². The van der Waals surface area contributed by atoms with Gasteiger partial charge in [-0.2, -0.15) is 0 Å². The number of benzene rings is 1. The van der Waals surface area contributed by atoms with Gasteiger partial charge in [0.1, 0.15) is 11.6 Å². The van der Waals surface area contributed by atoms with Crippen molar-refractivity contribution in [2.45, 2.75) is 19.4 Å². The van der Waals surface area contributed by atoms with E-state index in [1.54, 1.807) is 6.20 Å². The highest BCUT2D eigenvalue weighted by Crippen LogP contribution is 2.29. The molecule has 1 atom stereocenters. The second-order valence-corrected chi connectivity index (χ2v) is 6.14. The van der Waals surface area contributed by atoms with E-state index in [0.29, 0.717) is 13.2 Å². The summed E-state index contributed by atoms with van der Waals surface area (Å²) in [7, 11) is 0. The number of amides is 1. The number of hydrogen-bond donors (Lipinski definition) is 0. The summed E-state index contributed by atoms with van der Waals surface area (Å²) >= 11 is 0. The molecule has 2 aromatic rings. The zero-order valence-corrected chi connectivity index (χ0v) is 13.7. The molecule has 1 aromatic heterocycles. The van der Waals surface area contributed by atoms with Crippen LogP contribution < -0.4 is 9.80 Å². The third-order valence-electron chi connectivity index (χ3n) is 4.58. The van der Waals surface area contributed by atoms with Crippen molar-refractivity contribution in [3.05, 3.63) is 47.9 Å². The van der Waals surface area contributed by atoms with E-state index < -0.39 is 6.10 Å². The molecule has 3 heterocycles. The minimum Gasteiger partial charge on any atom is -0.365 e. The molecule has 1 saturated heterocycles. The number of nitrogens with zero attached hydrogens (tertiary/aromatic N) is 4. The normalized spacial score (nSPS) is 20.1. The van der Waals surface area contributed by atoms with Crippen LogP contribution in [0.1, 0.15) is 11.4 Å². The summed E-state index contributed by atoms with van der Waals surface area (Å²) < 4.78 is 5.77. The van der Waals surface area contributed by atoms with Crippen molar-refractivity contribution in [3.63, 3.8) is 0 Å². The van der Waals surface area contributed by atoms with Gasteiger partial charge in [-0.3, -0.25) is 4.79 Å². The molecule has 1 unspecified atom stereocenters. The zero-order chi connectivity index (χ0) is 16.5. The molecule has 4 rings (SSSR count). The molecule has 0 bridgehead atoms. The Labute approximate surface area is 141 Å². The lowest BCUT2D eigenvalue weighted by Gasteiger charge is -2.34. The number of para-hydroxylation sites is 1. The minimum atomic E-state index is -0.458. The Balaban J connectivity index is 1.51. The molecule has 0 saturated carbocycles.